The molecule has 0 atom stereocenters. The molecule has 0 bridgehead atoms. The van der Waals surface area contributed by atoms with Crippen LogP contribution >= 0.6 is 0 Å². The van der Waals surface area contributed by atoms with E-state index >= 15 is 0 Å². The van der Waals surface area contributed by atoms with E-state index in [1.165, 1.54) is 30.5 Å². The van der Waals surface area contributed by atoms with Crippen molar-refractivity contribution in [2.24, 2.45) is 0 Å². The highest BCUT2D eigenvalue weighted by Crippen LogP contribution is 2.35. The van der Waals surface area contributed by atoms with Crippen molar-refractivity contribution in [1.82, 2.24) is 9.97 Å². The lowest BCUT2D eigenvalue weighted by atomic mass is 10.1. The highest BCUT2D eigenvalue weighted by atomic mass is 19.4. The Morgan fingerprint density at radius 1 is 1.03 bits per heavy atom. The number of benzene rings is 3. The lowest BCUT2D eigenvalue weighted by Crippen LogP contribution is -2.15. The summed E-state index contributed by atoms with van der Waals surface area (Å²) in [7, 11) is 0. The number of H-pyrrole nitrogens is 1. The number of rotatable bonds is 5. The van der Waals surface area contributed by atoms with Gasteiger partial charge in [0.25, 0.3) is 5.91 Å². The molecule has 0 fully saturated rings. The lowest BCUT2D eigenvalue weighted by molar-refractivity contribution is -0.137. The smallest absolute Gasteiger partial charge is 0.416 e. The Labute approximate surface area is 195 Å². The minimum Gasteiger partial charge on any atom is -0.456 e. The molecule has 11 heteroatoms. The van der Waals surface area contributed by atoms with Gasteiger partial charge in [0, 0.05) is 11.3 Å². The number of aryl methyl sites for hydroxylation is 1. The number of nitrogen functional groups attached to an aromatic ring is 1. The molecule has 4 rings (SSSR count). The number of carbonyl (C=O) groups excluding carboxylic acids is 1. The van der Waals surface area contributed by atoms with Crippen LogP contribution in [0.15, 0.2) is 60.8 Å². The summed E-state index contributed by atoms with van der Waals surface area (Å²) in [5.41, 5.74) is 4.77. The molecule has 0 aliphatic heterocycles. The number of nitrogens with two attached hydrogens (primary N) is 1. The number of aromatic amines is 1. The molecule has 4 N–H and O–H groups in total. The van der Waals surface area contributed by atoms with Crippen LogP contribution < -0.4 is 15.8 Å². The number of hydrogen-bond acceptors (Lipinski definition) is 4. The molecule has 1 amide bonds. The highest BCUT2D eigenvalue weighted by Gasteiger charge is 2.32. The van der Waals surface area contributed by atoms with Crippen LogP contribution in [0.2, 0.25) is 0 Å². The van der Waals surface area contributed by atoms with Gasteiger partial charge in [-0.1, -0.05) is 0 Å². The first-order valence-electron chi connectivity index (χ1n) is 10.1. The maximum atomic E-state index is 14.3. The number of carbonyl (C=O) groups is 1. The van der Waals surface area contributed by atoms with Gasteiger partial charge in [-0.15, -0.1) is 0 Å². The van der Waals surface area contributed by atoms with Gasteiger partial charge < -0.3 is 20.8 Å². The monoisotopic (exact) mass is 488 g/mol. The molecule has 4 aromatic rings. The van der Waals surface area contributed by atoms with E-state index in [0.29, 0.717) is 11.6 Å². The number of amides is 1. The van der Waals surface area contributed by atoms with E-state index in [0.717, 1.165) is 24.3 Å². The van der Waals surface area contributed by atoms with Gasteiger partial charge in [-0.3, -0.25) is 4.79 Å². The highest BCUT2D eigenvalue weighted by molar-refractivity contribution is 6.06. The fourth-order valence-electron chi connectivity index (χ4n) is 3.30. The first-order chi connectivity index (χ1) is 16.5. The van der Waals surface area contributed by atoms with Crippen molar-refractivity contribution in [3.8, 4) is 22.8 Å². The van der Waals surface area contributed by atoms with Crippen LogP contribution in [0, 0.1) is 18.6 Å². The second-order valence-electron chi connectivity index (χ2n) is 7.55. The minimum atomic E-state index is -4.72. The van der Waals surface area contributed by atoms with Gasteiger partial charge >= 0.3 is 6.18 Å². The molecule has 0 aliphatic rings. The summed E-state index contributed by atoms with van der Waals surface area (Å²) >= 11 is 0. The number of ether oxygens (including phenoxy) is 1. The Bertz CT molecular complexity index is 1420. The number of anilines is 2. The van der Waals surface area contributed by atoms with Gasteiger partial charge in [-0.2, -0.15) is 13.2 Å². The zero-order valence-corrected chi connectivity index (χ0v) is 18.0. The summed E-state index contributed by atoms with van der Waals surface area (Å²) in [4.78, 5) is 19.5. The standard InChI is InChI=1S/C24H17F5N4O2/c1-12-8-14(25)3-7-20(12)35-21-6-2-13(24(27,28)29)9-17(21)22(34)32-15-4-5-18(26)16(10-15)19-11-31-23(30)33-19/h2-11H,1H3,(H,32,34)(H3,30,31,33). The predicted molar refractivity (Wildman–Crippen MR) is 119 cm³/mol. The van der Waals surface area contributed by atoms with Crippen LogP contribution in [0.25, 0.3) is 11.3 Å². The van der Waals surface area contributed by atoms with Crippen molar-refractivity contribution in [1.29, 1.82) is 0 Å². The molecule has 0 saturated carbocycles. The van der Waals surface area contributed by atoms with Crippen molar-refractivity contribution >= 4 is 17.5 Å². The molecule has 180 valence electrons. The second kappa shape index (κ2) is 9.09. The molecule has 35 heavy (non-hydrogen) atoms. The maximum absolute atomic E-state index is 14.3. The summed E-state index contributed by atoms with van der Waals surface area (Å²) < 4.78 is 73.4. The Morgan fingerprint density at radius 2 is 1.77 bits per heavy atom. The number of aromatic nitrogens is 2. The van der Waals surface area contributed by atoms with E-state index in [2.05, 4.69) is 15.3 Å². The Hall–Kier alpha value is -4.41. The summed E-state index contributed by atoms with van der Waals surface area (Å²) in [6, 6.07) is 9.61. The summed E-state index contributed by atoms with van der Waals surface area (Å²) in [6.07, 6.45) is -3.42. The molecule has 1 aromatic heterocycles. The SMILES string of the molecule is Cc1cc(F)ccc1Oc1ccc(C(F)(F)F)cc1C(=O)Nc1ccc(F)c(-c2cnc(N)[nH]2)c1. The van der Waals surface area contributed by atoms with Crippen molar-refractivity contribution in [2.45, 2.75) is 13.1 Å². The maximum Gasteiger partial charge on any atom is 0.416 e. The van der Waals surface area contributed by atoms with Crippen molar-refractivity contribution < 1.29 is 31.5 Å². The van der Waals surface area contributed by atoms with Crippen LogP contribution in [0.4, 0.5) is 33.6 Å². The van der Waals surface area contributed by atoms with E-state index in [1.807, 2.05) is 0 Å². The van der Waals surface area contributed by atoms with Gasteiger partial charge in [0.05, 0.1) is 23.0 Å². The van der Waals surface area contributed by atoms with Gasteiger partial charge in [0.15, 0.2) is 5.95 Å². The topological polar surface area (TPSA) is 93.0 Å². The lowest BCUT2D eigenvalue weighted by Gasteiger charge is -2.16. The van der Waals surface area contributed by atoms with Crippen molar-refractivity contribution in [3.05, 3.63) is 89.1 Å². The fraction of sp³-hybridized carbons (Fsp3) is 0.0833. The molecule has 0 aliphatic carbocycles. The van der Waals surface area contributed by atoms with Gasteiger partial charge in [-0.25, -0.2) is 13.8 Å². The van der Waals surface area contributed by atoms with Crippen LogP contribution in [0.5, 0.6) is 11.5 Å². The van der Waals surface area contributed by atoms with E-state index in [-0.39, 0.29) is 34.4 Å². The fourth-order valence-corrected chi connectivity index (χ4v) is 3.30. The Kier molecular flexibility index (Phi) is 6.16. The van der Waals surface area contributed by atoms with Gasteiger partial charge in [0.1, 0.15) is 23.1 Å². The largest absolute Gasteiger partial charge is 0.456 e. The molecule has 0 radical (unpaired) electrons. The van der Waals surface area contributed by atoms with E-state index < -0.39 is 34.8 Å². The zero-order valence-electron chi connectivity index (χ0n) is 18.0. The molecule has 1 heterocycles. The molecule has 6 nitrogen and oxygen atoms in total. The summed E-state index contributed by atoms with van der Waals surface area (Å²) in [5.74, 6) is -2.08. The molecule has 0 spiro atoms. The molecule has 0 saturated heterocycles. The van der Waals surface area contributed by atoms with Crippen molar-refractivity contribution in [3.63, 3.8) is 0 Å². The van der Waals surface area contributed by atoms with E-state index in [9.17, 15) is 26.7 Å². The summed E-state index contributed by atoms with van der Waals surface area (Å²) in [5, 5.41) is 2.45. The van der Waals surface area contributed by atoms with E-state index in [4.69, 9.17) is 10.5 Å². The van der Waals surface area contributed by atoms with Gasteiger partial charge in [0.2, 0.25) is 0 Å². The van der Waals surface area contributed by atoms with Gasteiger partial charge in [-0.05, 0) is 67.1 Å². The van der Waals surface area contributed by atoms with Crippen LogP contribution in [-0.4, -0.2) is 15.9 Å². The third-order valence-electron chi connectivity index (χ3n) is 5.02. The average molecular weight is 488 g/mol. The molecular formula is C24H17F5N4O2. The Morgan fingerprint density at radius 3 is 2.43 bits per heavy atom. The third-order valence-corrected chi connectivity index (χ3v) is 5.02. The first kappa shape index (κ1) is 23.7. The zero-order chi connectivity index (χ0) is 25.3. The van der Waals surface area contributed by atoms with Crippen LogP contribution in [0.1, 0.15) is 21.5 Å². The quantitative estimate of drug-likeness (QED) is 0.287. The van der Waals surface area contributed by atoms with Crippen molar-refractivity contribution in [2.75, 3.05) is 11.1 Å². The summed E-state index contributed by atoms with van der Waals surface area (Å²) in [6.45, 7) is 1.55. The number of imidazole rings is 1. The normalized spacial score (nSPS) is 11.4. The first-order valence-corrected chi connectivity index (χ1v) is 10.1. The number of nitrogens with zero attached hydrogens (tertiary/aromatic N) is 1. The number of halogens is 5. The molecular weight excluding hydrogens is 471 g/mol. The Balaban J connectivity index is 1.70. The second-order valence-corrected chi connectivity index (χ2v) is 7.55. The van der Waals surface area contributed by atoms with Crippen LogP contribution in [-0.2, 0) is 6.18 Å². The van der Waals surface area contributed by atoms with E-state index in [1.54, 1.807) is 6.92 Å². The predicted octanol–water partition coefficient (Wildman–Crippen LogP) is 6.31. The third kappa shape index (κ3) is 5.24. The van der Waals surface area contributed by atoms with Crippen LogP contribution in [0.3, 0.4) is 0 Å². The number of nitrogens with one attached hydrogen (secondary N) is 2. The average Bonchev–Trinajstić information content (AvgIpc) is 3.22. The molecule has 3 aromatic carbocycles. The molecule has 0 unspecified atom stereocenters. The number of hydrogen-bond donors (Lipinski definition) is 3. The minimum absolute atomic E-state index is 0.0365. The number of alkyl halides is 3.